The van der Waals surface area contributed by atoms with Crippen molar-refractivity contribution in [3.8, 4) is 0 Å². The van der Waals surface area contributed by atoms with E-state index >= 15 is 0 Å². The number of hydrogen-bond donors (Lipinski definition) is 1. The third kappa shape index (κ3) is 4.72. The van der Waals surface area contributed by atoms with Crippen LogP contribution in [0, 0.1) is 0 Å². The van der Waals surface area contributed by atoms with Crippen LogP contribution in [0.1, 0.15) is 16.8 Å². The molecule has 0 saturated heterocycles. The number of nitrogens with zero attached hydrogens (tertiary/aromatic N) is 3. The largest absolute Gasteiger partial charge is 0.393 e. The molecule has 98 valence electrons. The van der Waals surface area contributed by atoms with Gasteiger partial charge < -0.3 is 15.4 Å². The molecule has 0 radical (unpaired) electrons. The predicted octanol–water partition coefficient (Wildman–Crippen LogP) is 0.241. The zero-order valence-corrected chi connectivity index (χ0v) is 11.0. The van der Waals surface area contributed by atoms with Gasteiger partial charge in [0.15, 0.2) is 0 Å². The van der Waals surface area contributed by atoms with E-state index in [1.165, 1.54) is 18.7 Å². The highest BCUT2D eigenvalue weighted by Crippen LogP contribution is 2.03. The molecule has 2 N–H and O–H groups in total. The number of hydrogen-bond acceptors (Lipinski definition) is 5. The van der Waals surface area contributed by atoms with Crippen LogP contribution < -0.4 is 5.73 Å². The molecule has 0 aliphatic heterocycles. The standard InChI is InChI=1S/C11H16N4O2S/c1-17-5-4-15(3-2-10(12)18)11(16)9-6-13-8-14-7-9/h6-8H,2-5H2,1H3,(H2,12,18). The van der Waals surface area contributed by atoms with Gasteiger partial charge in [0.1, 0.15) is 6.33 Å². The molecule has 1 heterocycles. The molecule has 0 aliphatic carbocycles. The van der Waals surface area contributed by atoms with Crippen LogP contribution in [-0.4, -0.2) is 52.6 Å². The highest BCUT2D eigenvalue weighted by molar-refractivity contribution is 7.80. The molecular weight excluding hydrogens is 252 g/mol. The first-order valence-electron chi connectivity index (χ1n) is 5.46. The van der Waals surface area contributed by atoms with Crippen molar-refractivity contribution in [2.75, 3.05) is 26.8 Å². The number of thiocarbonyl (C=S) groups is 1. The molecule has 0 unspecified atom stereocenters. The number of nitrogens with two attached hydrogens (primary N) is 1. The lowest BCUT2D eigenvalue weighted by Crippen LogP contribution is -2.36. The van der Waals surface area contributed by atoms with Crippen molar-refractivity contribution >= 4 is 23.1 Å². The van der Waals surface area contributed by atoms with Crippen molar-refractivity contribution in [2.45, 2.75) is 6.42 Å². The average Bonchev–Trinajstić information content (AvgIpc) is 2.39. The van der Waals surface area contributed by atoms with Gasteiger partial charge in [0.05, 0.1) is 17.2 Å². The summed E-state index contributed by atoms with van der Waals surface area (Å²) in [6.07, 6.45) is 4.83. The number of aromatic nitrogens is 2. The van der Waals surface area contributed by atoms with Gasteiger partial charge >= 0.3 is 0 Å². The summed E-state index contributed by atoms with van der Waals surface area (Å²) in [4.78, 5) is 21.8. The summed E-state index contributed by atoms with van der Waals surface area (Å²) in [5.41, 5.74) is 5.89. The fourth-order valence-corrected chi connectivity index (χ4v) is 1.44. The van der Waals surface area contributed by atoms with Gasteiger partial charge in [-0.1, -0.05) is 12.2 Å². The van der Waals surface area contributed by atoms with E-state index in [2.05, 4.69) is 9.97 Å². The normalized spacial score (nSPS) is 10.1. The average molecular weight is 268 g/mol. The molecule has 0 bridgehead atoms. The summed E-state index contributed by atoms with van der Waals surface area (Å²) in [6.45, 7) is 1.40. The van der Waals surface area contributed by atoms with Crippen molar-refractivity contribution < 1.29 is 9.53 Å². The molecule has 1 rings (SSSR count). The Morgan fingerprint density at radius 1 is 1.44 bits per heavy atom. The predicted molar refractivity (Wildman–Crippen MR) is 71.2 cm³/mol. The number of rotatable bonds is 7. The quantitative estimate of drug-likeness (QED) is 0.713. The minimum atomic E-state index is -0.149. The Kier molecular flexibility index (Phi) is 6.16. The van der Waals surface area contributed by atoms with E-state index in [-0.39, 0.29) is 5.91 Å². The fraction of sp³-hybridized carbons (Fsp3) is 0.455. The van der Waals surface area contributed by atoms with E-state index in [0.717, 1.165) is 0 Å². The molecule has 1 aromatic heterocycles. The summed E-state index contributed by atoms with van der Waals surface area (Å²) in [5, 5.41) is 0. The summed E-state index contributed by atoms with van der Waals surface area (Å²) in [6, 6.07) is 0. The Morgan fingerprint density at radius 2 is 2.11 bits per heavy atom. The zero-order chi connectivity index (χ0) is 13.4. The van der Waals surface area contributed by atoms with Gasteiger partial charge in [0.2, 0.25) is 0 Å². The molecule has 0 saturated carbocycles. The number of ether oxygens (including phenoxy) is 1. The van der Waals surface area contributed by atoms with Crippen molar-refractivity contribution in [1.82, 2.24) is 14.9 Å². The molecule has 0 spiro atoms. The van der Waals surface area contributed by atoms with Crippen molar-refractivity contribution in [3.05, 3.63) is 24.3 Å². The maximum Gasteiger partial charge on any atom is 0.257 e. The third-order valence-corrected chi connectivity index (χ3v) is 2.49. The van der Waals surface area contributed by atoms with Crippen LogP contribution in [0.15, 0.2) is 18.7 Å². The number of carbonyl (C=O) groups excluding carboxylic acids is 1. The molecule has 7 heteroatoms. The second-order valence-corrected chi connectivity index (χ2v) is 4.15. The molecule has 0 fully saturated rings. The second kappa shape index (κ2) is 7.67. The third-order valence-electron chi connectivity index (χ3n) is 2.29. The van der Waals surface area contributed by atoms with Crippen LogP contribution in [0.4, 0.5) is 0 Å². The first-order valence-corrected chi connectivity index (χ1v) is 5.87. The number of methoxy groups -OCH3 is 1. The highest BCUT2D eigenvalue weighted by Gasteiger charge is 2.15. The Balaban J connectivity index is 2.69. The minimum absolute atomic E-state index is 0.149. The SMILES string of the molecule is COCCN(CCC(N)=S)C(=O)c1cncnc1. The van der Waals surface area contributed by atoms with E-state index in [0.29, 0.717) is 36.7 Å². The monoisotopic (exact) mass is 268 g/mol. The number of carbonyl (C=O) groups is 1. The lowest BCUT2D eigenvalue weighted by molar-refractivity contribution is 0.0700. The summed E-state index contributed by atoms with van der Waals surface area (Å²) in [5.74, 6) is -0.149. The molecule has 1 amide bonds. The van der Waals surface area contributed by atoms with Gasteiger partial charge in [-0.2, -0.15) is 0 Å². The van der Waals surface area contributed by atoms with Gasteiger partial charge in [0.25, 0.3) is 5.91 Å². The second-order valence-electron chi connectivity index (χ2n) is 3.63. The lowest BCUT2D eigenvalue weighted by atomic mass is 10.2. The maximum atomic E-state index is 12.2. The Morgan fingerprint density at radius 3 is 2.67 bits per heavy atom. The molecule has 1 aromatic rings. The van der Waals surface area contributed by atoms with Crippen molar-refractivity contribution in [1.29, 1.82) is 0 Å². The Labute approximate surface area is 111 Å². The van der Waals surface area contributed by atoms with E-state index in [1.54, 1.807) is 12.0 Å². The molecule has 18 heavy (non-hydrogen) atoms. The molecule has 0 aromatic carbocycles. The minimum Gasteiger partial charge on any atom is -0.393 e. The fourth-order valence-electron chi connectivity index (χ4n) is 1.35. The Hall–Kier alpha value is -1.60. The van der Waals surface area contributed by atoms with Crippen molar-refractivity contribution in [3.63, 3.8) is 0 Å². The van der Waals surface area contributed by atoms with Gasteiger partial charge in [0, 0.05) is 39.0 Å². The topological polar surface area (TPSA) is 81.3 Å². The summed E-state index contributed by atoms with van der Waals surface area (Å²) in [7, 11) is 1.59. The van der Waals surface area contributed by atoms with Crippen molar-refractivity contribution in [2.24, 2.45) is 5.73 Å². The van der Waals surface area contributed by atoms with E-state index in [4.69, 9.17) is 22.7 Å². The molecule has 6 nitrogen and oxygen atoms in total. The van der Waals surface area contributed by atoms with Crippen LogP contribution in [0.5, 0.6) is 0 Å². The van der Waals surface area contributed by atoms with Crippen LogP contribution in [-0.2, 0) is 4.74 Å². The molecule has 0 atom stereocenters. The summed E-state index contributed by atoms with van der Waals surface area (Å²) >= 11 is 4.81. The molecule has 0 aliphatic rings. The van der Waals surface area contributed by atoms with Crippen LogP contribution in [0.2, 0.25) is 0 Å². The first-order chi connectivity index (χ1) is 8.65. The zero-order valence-electron chi connectivity index (χ0n) is 10.2. The Bertz CT molecular complexity index is 399. The first kappa shape index (κ1) is 14.5. The lowest BCUT2D eigenvalue weighted by Gasteiger charge is -2.21. The van der Waals surface area contributed by atoms with E-state index in [1.807, 2.05) is 0 Å². The van der Waals surface area contributed by atoms with E-state index < -0.39 is 0 Å². The van der Waals surface area contributed by atoms with Gasteiger partial charge in [-0.15, -0.1) is 0 Å². The van der Waals surface area contributed by atoms with Gasteiger partial charge in [-0.25, -0.2) is 9.97 Å². The van der Waals surface area contributed by atoms with Crippen LogP contribution >= 0.6 is 12.2 Å². The van der Waals surface area contributed by atoms with E-state index in [9.17, 15) is 4.79 Å². The van der Waals surface area contributed by atoms with Crippen LogP contribution in [0.3, 0.4) is 0 Å². The number of amides is 1. The highest BCUT2D eigenvalue weighted by atomic mass is 32.1. The van der Waals surface area contributed by atoms with Gasteiger partial charge in [-0.3, -0.25) is 4.79 Å². The molecular formula is C11H16N4O2S. The van der Waals surface area contributed by atoms with Gasteiger partial charge in [-0.05, 0) is 0 Å². The smallest absolute Gasteiger partial charge is 0.257 e. The van der Waals surface area contributed by atoms with Crippen LogP contribution in [0.25, 0.3) is 0 Å². The maximum absolute atomic E-state index is 12.2. The summed E-state index contributed by atoms with van der Waals surface area (Å²) < 4.78 is 4.98.